The van der Waals surface area contributed by atoms with Crippen LogP contribution >= 0.6 is 0 Å². The van der Waals surface area contributed by atoms with E-state index in [0.29, 0.717) is 49.3 Å². The van der Waals surface area contributed by atoms with Crippen molar-refractivity contribution >= 4 is 47.4 Å². The summed E-state index contributed by atoms with van der Waals surface area (Å²) in [5, 5.41) is 20.5. The second-order valence-electron chi connectivity index (χ2n) is 23.2. The predicted octanol–water partition coefficient (Wildman–Crippen LogP) is 4.82. The second kappa shape index (κ2) is 21.7. The summed E-state index contributed by atoms with van der Waals surface area (Å²) in [6, 6.07) is -0.161. The number of esters is 5. The van der Waals surface area contributed by atoms with E-state index < -0.39 is 115 Å². The SMILES string of the molecule is CC(=O)OC[C@H]1O[C@@H](N(CC(=O)NC2CCCCC2)C(=O)CO/N=C2\CC[C@]3(C)[C@H]4CC[C@]5(C)[C@@H]6[C@H](C[C@H]5[C@@H]4C[C@@H](OC(C)=O)[C@@]3(O)C2)O[C@]2(CC[C@@H](C)CO2)[C@H]6C)[C@H](OC(C)=O)[C@@H](OC(C)=O)[C@@H]1OC(C)=O. The fourth-order valence-corrected chi connectivity index (χ4v) is 15.2. The maximum Gasteiger partial charge on any atom is 0.303 e. The number of hydrogen-bond donors (Lipinski definition) is 2. The molecule has 408 valence electrons. The molecule has 8 aliphatic rings. The molecule has 0 unspecified atom stereocenters. The third-order valence-electron chi connectivity index (χ3n) is 18.5. The molecule has 8 fully saturated rings. The molecular weight excluding hydrogens is 951 g/mol. The summed E-state index contributed by atoms with van der Waals surface area (Å²) in [6.07, 6.45) is 1.83. The smallest absolute Gasteiger partial charge is 0.303 e. The first kappa shape index (κ1) is 54.8. The molecule has 0 bridgehead atoms. The van der Waals surface area contributed by atoms with Gasteiger partial charge in [0, 0.05) is 64.8 Å². The van der Waals surface area contributed by atoms with E-state index in [0.717, 1.165) is 96.8 Å². The van der Waals surface area contributed by atoms with Crippen LogP contribution in [0.4, 0.5) is 0 Å². The number of aliphatic hydroxyl groups is 1. The number of carbonyl (C=O) groups excluding carboxylic acids is 7. The minimum Gasteiger partial charge on any atom is -0.463 e. The van der Waals surface area contributed by atoms with Gasteiger partial charge in [-0.2, -0.15) is 0 Å². The molecule has 0 radical (unpaired) electrons. The highest BCUT2D eigenvalue weighted by atomic mass is 16.7. The van der Waals surface area contributed by atoms with E-state index in [1.165, 1.54) is 6.92 Å². The van der Waals surface area contributed by atoms with Gasteiger partial charge in [-0.25, -0.2) is 0 Å². The molecule has 8 rings (SSSR count). The first-order valence-electron chi connectivity index (χ1n) is 26.8. The quantitative estimate of drug-likeness (QED) is 0.142. The highest BCUT2D eigenvalue weighted by Crippen LogP contribution is 2.72. The molecule has 5 aliphatic carbocycles. The highest BCUT2D eigenvalue weighted by Gasteiger charge is 2.72. The zero-order valence-electron chi connectivity index (χ0n) is 44.2. The molecule has 0 aromatic carbocycles. The molecular formula is C53H79N3O17. The van der Waals surface area contributed by atoms with Crippen LogP contribution in [0, 0.1) is 46.3 Å². The molecule has 20 nitrogen and oxygen atoms in total. The van der Waals surface area contributed by atoms with Gasteiger partial charge < -0.3 is 58.1 Å². The number of rotatable bonds is 13. The molecule has 3 saturated heterocycles. The summed E-state index contributed by atoms with van der Waals surface area (Å²) in [5.74, 6) is -4.11. The van der Waals surface area contributed by atoms with E-state index in [2.05, 4.69) is 38.2 Å². The van der Waals surface area contributed by atoms with E-state index in [1.54, 1.807) is 0 Å². The van der Waals surface area contributed by atoms with Crippen molar-refractivity contribution in [1.29, 1.82) is 0 Å². The maximum atomic E-state index is 14.6. The Morgan fingerprint density at radius 2 is 1.45 bits per heavy atom. The maximum absolute atomic E-state index is 14.6. The van der Waals surface area contributed by atoms with Crippen molar-refractivity contribution in [1.82, 2.24) is 10.2 Å². The van der Waals surface area contributed by atoms with Crippen LogP contribution < -0.4 is 5.32 Å². The van der Waals surface area contributed by atoms with Gasteiger partial charge in [0.2, 0.25) is 5.91 Å². The lowest BCUT2D eigenvalue weighted by molar-refractivity contribution is -0.276. The Labute approximate surface area is 428 Å². The van der Waals surface area contributed by atoms with Gasteiger partial charge in [0.25, 0.3) is 5.91 Å². The standard InChI is InChI=1S/C53H79N3O17/c1-28-15-20-53(66-25-28)29(2)45-40(73-53)22-39-37-21-42(68-31(4)58)52(64)23-36(16-19-51(52,9)38(37)17-18-50(39,45)8)55-67-27-44(63)56(24-43(62)54-35-13-11-10-12-14-35)49-48(71-34(7)61)47(70-33(6)60)46(69-32(5)59)41(72-49)26-65-30(3)57/h28-29,35,37-42,45-49,64H,10-27H2,1-9H3,(H,54,62)/b55-36+/t28-,29+,37-,38+,39+,40+,41-,42-,45+,46-,47+,48-,49-,50+,51-,52+,53-/m1/s1. The number of ether oxygens (including phenoxy) is 8. The average Bonchev–Trinajstić information content (AvgIpc) is 3.76. The Morgan fingerprint density at radius 1 is 0.781 bits per heavy atom. The molecule has 5 saturated carbocycles. The predicted molar refractivity (Wildman–Crippen MR) is 256 cm³/mol. The van der Waals surface area contributed by atoms with Crippen molar-refractivity contribution in [3.05, 3.63) is 0 Å². The van der Waals surface area contributed by atoms with Gasteiger partial charge in [-0.05, 0) is 92.8 Å². The monoisotopic (exact) mass is 1030 g/mol. The molecule has 3 aliphatic heterocycles. The molecule has 73 heavy (non-hydrogen) atoms. The molecule has 20 heteroatoms. The number of nitrogens with zero attached hydrogens (tertiary/aromatic N) is 2. The van der Waals surface area contributed by atoms with E-state index in [-0.39, 0.29) is 41.7 Å². The van der Waals surface area contributed by atoms with Gasteiger partial charge in [0.1, 0.15) is 31.0 Å². The van der Waals surface area contributed by atoms with Crippen molar-refractivity contribution in [2.45, 2.75) is 212 Å². The molecule has 2 amide bonds. The fraction of sp³-hybridized carbons (Fsp3) is 0.849. The van der Waals surface area contributed by atoms with Crippen LogP contribution in [-0.4, -0.2) is 144 Å². The Kier molecular flexibility index (Phi) is 16.3. The Balaban J connectivity index is 1.03. The number of nitrogens with one attached hydrogen (secondary N) is 1. The molecule has 0 aromatic rings. The van der Waals surface area contributed by atoms with Gasteiger partial charge in [-0.3, -0.25) is 33.6 Å². The van der Waals surface area contributed by atoms with E-state index >= 15 is 0 Å². The first-order chi connectivity index (χ1) is 34.5. The number of hydrogen-bond acceptors (Lipinski definition) is 18. The number of amides is 2. The molecule has 0 aromatic heterocycles. The van der Waals surface area contributed by atoms with E-state index in [1.807, 2.05) is 0 Å². The Hall–Kier alpha value is -4.40. The number of carbonyl (C=O) groups is 7. The number of fused-ring (bicyclic) bond motifs is 7. The summed E-state index contributed by atoms with van der Waals surface area (Å²) in [5.41, 5.74) is -1.76. The van der Waals surface area contributed by atoms with Crippen LogP contribution in [-0.2, 0) is 76.3 Å². The number of oxime groups is 1. The topological polar surface area (TPSA) is 250 Å². The van der Waals surface area contributed by atoms with Gasteiger partial charge in [-0.1, -0.05) is 52.1 Å². The lowest BCUT2D eigenvalue weighted by atomic mass is 9.42. The molecule has 3 heterocycles. The summed E-state index contributed by atoms with van der Waals surface area (Å²) < 4.78 is 48.1. The summed E-state index contributed by atoms with van der Waals surface area (Å²) >= 11 is 0. The van der Waals surface area contributed by atoms with Crippen LogP contribution in [0.2, 0.25) is 0 Å². The molecule has 1 spiro atoms. The van der Waals surface area contributed by atoms with Crippen LogP contribution in [0.5, 0.6) is 0 Å². The second-order valence-corrected chi connectivity index (χ2v) is 23.2. The van der Waals surface area contributed by atoms with Crippen molar-refractivity contribution < 1.29 is 81.4 Å². The Bertz CT molecular complexity index is 2140. The van der Waals surface area contributed by atoms with E-state index in [4.69, 9.17) is 42.7 Å². The third kappa shape index (κ3) is 10.9. The van der Waals surface area contributed by atoms with E-state index in [9.17, 15) is 38.7 Å². The van der Waals surface area contributed by atoms with Gasteiger partial charge >= 0.3 is 29.8 Å². The molecule has 2 N–H and O–H groups in total. The zero-order chi connectivity index (χ0) is 52.8. The van der Waals surface area contributed by atoms with Crippen molar-refractivity contribution in [3.8, 4) is 0 Å². The Morgan fingerprint density at radius 3 is 2.10 bits per heavy atom. The largest absolute Gasteiger partial charge is 0.463 e. The lowest BCUT2D eigenvalue weighted by Crippen LogP contribution is -2.69. The summed E-state index contributed by atoms with van der Waals surface area (Å²) in [6.45, 7) is 13.6. The van der Waals surface area contributed by atoms with Crippen molar-refractivity contribution in [2.75, 3.05) is 26.4 Å². The van der Waals surface area contributed by atoms with Crippen molar-refractivity contribution in [2.24, 2.45) is 51.5 Å². The highest BCUT2D eigenvalue weighted by molar-refractivity contribution is 5.87. The third-order valence-corrected chi connectivity index (χ3v) is 18.5. The minimum atomic E-state index is -1.69. The van der Waals surface area contributed by atoms with Gasteiger partial charge in [-0.15, -0.1) is 0 Å². The van der Waals surface area contributed by atoms with Crippen LogP contribution in [0.1, 0.15) is 152 Å². The minimum absolute atomic E-state index is 0.0116. The van der Waals surface area contributed by atoms with Crippen LogP contribution in [0.25, 0.3) is 0 Å². The fourth-order valence-electron chi connectivity index (χ4n) is 15.2. The first-order valence-corrected chi connectivity index (χ1v) is 26.8. The van der Waals surface area contributed by atoms with Crippen LogP contribution in [0.3, 0.4) is 0 Å². The lowest BCUT2D eigenvalue weighted by Gasteiger charge is -2.65. The zero-order valence-corrected chi connectivity index (χ0v) is 44.2. The summed E-state index contributed by atoms with van der Waals surface area (Å²) in [4.78, 5) is 98.0. The van der Waals surface area contributed by atoms with Crippen molar-refractivity contribution in [3.63, 3.8) is 0 Å². The van der Waals surface area contributed by atoms with Gasteiger partial charge in [0.05, 0.1) is 18.4 Å². The van der Waals surface area contributed by atoms with Gasteiger partial charge in [0.15, 0.2) is 36.9 Å². The molecule has 17 atom stereocenters. The normalized spacial score (nSPS) is 41.5. The van der Waals surface area contributed by atoms with Crippen LogP contribution in [0.15, 0.2) is 5.16 Å². The average molecular weight is 1030 g/mol. The summed E-state index contributed by atoms with van der Waals surface area (Å²) in [7, 11) is 0.